The second kappa shape index (κ2) is 4.35. The Morgan fingerprint density at radius 3 is 2.67 bits per heavy atom. The fraction of sp³-hybridized carbons (Fsp3) is 0.0556. The lowest BCUT2D eigenvalue weighted by atomic mass is 10.1. The molecule has 0 unspecified atom stereocenters. The molecule has 2 N–H and O–H groups in total. The van der Waals surface area contributed by atoms with Gasteiger partial charge in [0.1, 0.15) is 0 Å². The van der Waals surface area contributed by atoms with E-state index in [2.05, 4.69) is 54.4 Å². The van der Waals surface area contributed by atoms with Crippen LogP contribution in [0.15, 0.2) is 60.7 Å². The Morgan fingerprint density at radius 1 is 0.952 bits per heavy atom. The number of fused-ring (bicyclic) bond motifs is 2. The fourth-order valence-electron chi connectivity index (χ4n) is 2.86. The summed E-state index contributed by atoms with van der Waals surface area (Å²) in [7, 11) is 0. The van der Waals surface area contributed by atoms with Gasteiger partial charge in [0.05, 0.1) is 16.7 Å². The lowest BCUT2D eigenvalue weighted by Gasteiger charge is -2.10. The second-order valence-corrected chi connectivity index (χ2v) is 5.30. The van der Waals surface area contributed by atoms with E-state index < -0.39 is 0 Å². The summed E-state index contributed by atoms with van der Waals surface area (Å²) in [5.41, 5.74) is 10.4. The number of rotatable bonds is 1. The van der Waals surface area contributed by atoms with Gasteiger partial charge in [-0.1, -0.05) is 42.5 Å². The average molecular weight is 273 g/mol. The molecule has 0 bridgehead atoms. The van der Waals surface area contributed by atoms with E-state index in [1.807, 2.05) is 22.8 Å². The van der Waals surface area contributed by atoms with Gasteiger partial charge in [0.15, 0.2) is 0 Å². The summed E-state index contributed by atoms with van der Waals surface area (Å²) in [5, 5.41) is 2.37. The highest BCUT2D eigenvalue weighted by Crippen LogP contribution is 2.29. The van der Waals surface area contributed by atoms with Crippen molar-refractivity contribution in [2.75, 3.05) is 5.73 Å². The molecule has 4 rings (SSSR count). The van der Waals surface area contributed by atoms with Crippen LogP contribution in [0.4, 0.5) is 5.95 Å². The molecule has 21 heavy (non-hydrogen) atoms. The molecule has 0 fully saturated rings. The standard InChI is InChI=1S/C18H15N3/c1-12-9-10-15-17(11-12)21(18(19)20-15)16-8-4-6-13-5-2-3-7-14(13)16/h2-11H,1H3,(H2,19,20). The molecule has 0 radical (unpaired) electrons. The third-order valence-corrected chi connectivity index (χ3v) is 3.84. The van der Waals surface area contributed by atoms with Gasteiger partial charge < -0.3 is 5.73 Å². The molecule has 3 nitrogen and oxygen atoms in total. The first-order chi connectivity index (χ1) is 10.2. The van der Waals surface area contributed by atoms with Gasteiger partial charge in [-0.05, 0) is 36.1 Å². The van der Waals surface area contributed by atoms with Crippen LogP contribution in [0.25, 0.3) is 27.5 Å². The Kier molecular flexibility index (Phi) is 2.48. The smallest absolute Gasteiger partial charge is 0.205 e. The Hall–Kier alpha value is -2.81. The Morgan fingerprint density at radius 2 is 1.76 bits per heavy atom. The molecule has 1 aromatic heterocycles. The number of nitrogens with zero attached hydrogens (tertiary/aromatic N) is 2. The number of hydrogen-bond donors (Lipinski definition) is 1. The maximum atomic E-state index is 6.18. The molecule has 0 spiro atoms. The molecule has 102 valence electrons. The molecule has 0 atom stereocenters. The number of aryl methyl sites for hydroxylation is 1. The number of anilines is 1. The van der Waals surface area contributed by atoms with E-state index in [9.17, 15) is 0 Å². The number of imidazole rings is 1. The van der Waals surface area contributed by atoms with Crippen LogP contribution in [0, 0.1) is 6.92 Å². The number of hydrogen-bond acceptors (Lipinski definition) is 2. The van der Waals surface area contributed by atoms with Gasteiger partial charge in [-0.25, -0.2) is 4.98 Å². The minimum atomic E-state index is 0.520. The largest absolute Gasteiger partial charge is 0.369 e. The number of nitrogens with two attached hydrogens (primary N) is 1. The summed E-state index contributed by atoms with van der Waals surface area (Å²) in [6, 6.07) is 20.8. The highest BCUT2D eigenvalue weighted by molar-refractivity contribution is 5.93. The zero-order chi connectivity index (χ0) is 14.4. The molecule has 0 saturated carbocycles. The van der Waals surface area contributed by atoms with Crippen molar-refractivity contribution in [2.45, 2.75) is 6.92 Å². The SMILES string of the molecule is Cc1ccc2nc(N)n(-c3cccc4ccccc34)c2c1. The molecule has 3 aromatic carbocycles. The monoisotopic (exact) mass is 273 g/mol. The first-order valence-corrected chi connectivity index (χ1v) is 6.97. The third kappa shape index (κ3) is 1.78. The maximum absolute atomic E-state index is 6.18. The topological polar surface area (TPSA) is 43.8 Å². The van der Waals surface area contributed by atoms with Crippen LogP contribution in [0.3, 0.4) is 0 Å². The quantitative estimate of drug-likeness (QED) is 0.568. The maximum Gasteiger partial charge on any atom is 0.205 e. The number of aromatic nitrogens is 2. The van der Waals surface area contributed by atoms with E-state index in [0.29, 0.717) is 5.95 Å². The number of nitrogen functional groups attached to an aromatic ring is 1. The summed E-state index contributed by atoms with van der Waals surface area (Å²) >= 11 is 0. The lowest BCUT2D eigenvalue weighted by molar-refractivity contribution is 1.12. The van der Waals surface area contributed by atoms with Crippen molar-refractivity contribution in [3.05, 3.63) is 66.2 Å². The van der Waals surface area contributed by atoms with Gasteiger partial charge in [-0.3, -0.25) is 4.57 Å². The van der Waals surface area contributed by atoms with E-state index in [1.54, 1.807) is 0 Å². The zero-order valence-corrected chi connectivity index (χ0v) is 11.7. The Bertz CT molecular complexity index is 961. The Balaban J connectivity index is 2.14. The fourth-order valence-corrected chi connectivity index (χ4v) is 2.86. The van der Waals surface area contributed by atoms with Crippen molar-refractivity contribution in [2.24, 2.45) is 0 Å². The van der Waals surface area contributed by atoms with Crippen molar-refractivity contribution < 1.29 is 0 Å². The summed E-state index contributed by atoms with van der Waals surface area (Å²) in [5.74, 6) is 0.520. The molecule has 1 heterocycles. The van der Waals surface area contributed by atoms with E-state index >= 15 is 0 Å². The van der Waals surface area contributed by atoms with Crippen LogP contribution in [-0.2, 0) is 0 Å². The first kappa shape index (κ1) is 12.0. The van der Waals surface area contributed by atoms with E-state index in [0.717, 1.165) is 16.7 Å². The molecular weight excluding hydrogens is 258 g/mol. The first-order valence-electron chi connectivity index (χ1n) is 6.97. The van der Waals surface area contributed by atoms with Gasteiger partial charge in [0.25, 0.3) is 0 Å². The lowest BCUT2D eigenvalue weighted by Crippen LogP contribution is -2.01. The molecule has 0 aliphatic heterocycles. The molecule has 0 aliphatic carbocycles. The van der Waals surface area contributed by atoms with Crippen molar-refractivity contribution in [3.63, 3.8) is 0 Å². The Labute approximate surface area is 122 Å². The molecule has 4 aromatic rings. The third-order valence-electron chi connectivity index (χ3n) is 3.84. The number of benzene rings is 3. The highest BCUT2D eigenvalue weighted by atomic mass is 15.2. The van der Waals surface area contributed by atoms with Crippen molar-refractivity contribution >= 4 is 27.8 Å². The normalized spacial score (nSPS) is 11.3. The second-order valence-electron chi connectivity index (χ2n) is 5.30. The van der Waals surface area contributed by atoms with Crippen LogP contribution < -0.4 is 5.73 Å². The van der Waals surface area contributed by atoms with Crippen molar-refractivity contribution in [1.29, 1.82) is 0 Å². The van der Waals surface area contributed by atoms with Crippen molar-refractivity contribution in [1.82, 2.24) is 9.55 Å². The van der Waals surface area contributed by atoms with Gasteiger partial charge in [0.2, 0.25) is 5.95 Å². The summed E-state index contributed by atoms with van der Waals surface area (Å²) in [6.45, 7) is 2.08. The van der Waals surface area contributed by atoms with E-state index in [1.165, 1.54) is 16.3 Å². The molecule has 0 saturated heterocycles. The molecular formula is C18H15N3. The molecule has 3 heteroatoms. The minimum absolute atomic E-state index is 0.520. The summed E-state index contributed by atoms with van der Waals surface area (Å²) in [4.78, 5) is 4.48. The van der Waals surface area contributed by atoms with Crippen LogP contribution in [0.1, 0.15) is 5.56 Å². The van der Waals surface area contributed by atoms with E-state index in [-0.39, 0.29) is 0 Å². The highest BCUT2D eigenvalue weighted by Gasteiger charge is 2.12. The van der Waals surface area contributed by atoms with Gasteiger partial charge in [-0.15, -0.1) is 0 Å². The van der Waals surface area contributed by atoms with Gasteiger partial charge in [-0.2, -0.15) is 0 Å². The minimum Gasteiger partial charge on any atom is -0.369 e. The van der Waals surface area contributed by atoms with E-state index in [4.69, 9.17) is 5.73 Å². The van der Waals surface area contributed by atoms with Gasteiger partial charge >= 0.3 is 0 Å². The molecule has 0 amide bonds. The van der Waals surface area contributed by atoms with Crippen LogP contribution >= 0.6 is 0 Å². The predicted molar refractivity (Wildman–Crippen MR) is 87.7 cm³/mol. The molecule has 0 aliphatic rings. The van der Waals surface area contributed by atoms with Crippen molar-refractivity contribution in [3.8, 4) is 5.69 Å². The zero-order valence-electron chi connectivity index (χ0n) is 11.7. The summed E-state index contributed by atoms with van der Waals surface area (Å²) < 4.78 is 2.03. The van der Waals surface area contributed by atoms with Crippen LogP contribution in [0.5, 0.6) is 0 Å². The van der Waals surface area contributed by atoms with Crippen LogP contribution in [-0.4, -0.2) is 9.55 Å². The average Bonchev–Trinajstić information content (AvgIpc) is 2.82. The van der Waals surface area contributed by atoms with Crippen LogP contribution in [0.2, 0.25) is 0 Å². The predicted octanol–water partition coefficient (Wildman–Crippen LogP) is 4.07. The van der Waals surface area contributed by atoms with Gasteiger partial charge in [0, 0.05) is 5.39 Å². The summed E-state index contributed by atoms with van der Waals surface area (Å²) in [6.07, 6.45) is 0.